The lowest BCUT2D eigenvalue weighted by molar-refractivity contribution is 0.249. The Hall–Kier alpha value is -2.54. The lowest BCUT2D eigenvalue weighted by atomic mass is 10.1. The minimum Gasteiger partial charge on any atom is -0.395 e. The zero-order valence-electron chi connectivity index (χ0n) is 20.8. The van der Waals surface area contributed by atoms with Gasteiger partial charge in [-0.05, 0) is 43.0 Å². The molecule has 1 saturated heterocycles. The third kappa shape index (κ3) is 5.26. The lowest BCUT2D eigenvalue weighted by Crippen LogP contribution is -2.49. The average Bonchev–Trinajstić information content (AvgIpc) is 3.12. The van der Waals surface area contributed by atoms with E-state index in [0.717, 1.165) is 5.56 Å². The number of aromatic nitrogens is 1. The minimum atomic E-state index is -3.89. The molecule has 0 unspecified atom stereocenters. The van der Waals surface area contributed by atoms with Crippen LogP contribution in [0.5, 0.6) is 0 Å². The van der Waals surface area contributed by atoms with E-state index in [1.807, 2.05) is 23.6 Å². The first-order chi connectivity index (χ1) is 17.0. The van der Waals surface area contributed by atoms with Crippen LogP contribution in [0.1, 0.15) is 31.4 Å². The van der Waals surface area contributed by atoms with Crippen molar-refractivity contribution < 1.29 is 21.9 Å². The molecule has 0 bridgehead atoms. The summed E-state index contributed by atoms with van der Waals surface area (Å²) in [4.78, 5) is 8.67. The van der Waals surface area contributed by atoms with Crippen molar-refractivity contribution in [3.05, 3.63) is 47.7 Å². The van der Waals surface area contributed by atoms with Crippen LogP contribution in [0.2, 0.25) is 0 Å². The van der Waals surface area contributed by atoms with Crippen molar-refractivity contribution in [1.82, 2.24) is 14.2 Å². The van der Waals surface area contributed by atoms with Gasteiger partial charge in [-0.25, -0.2) is 13.4 Å². The number of aliphatic hydroxyl groups is 1. The quantitative estimate of drug-likeness (QED) is 0.542. The molecule has 0 amide bonds. The number of hydrogen-bond acceptors (Lipinski definition) is 8. The largest absolute Gasteiger partial charge is 0.395 e. The van der Waals surface area contributed by atoms with Gasteiger partial charge in [0.15, 0.2) is 5.84 Å². The first kappa shape index (κ1) is 26.5. The van der Waals surface area contributed by atoms with E-state index in [1.165, 1.54) is 4.31 Å². The number of pyridine rings is 1. The Labute approximate surface area is 213 Å². The van der Waals surface area contributed by atoms with Gasteiger partial charge in [-0.3, -0.25) is 0 Å². The molecule has 1 N–H and O–H groups in total. The third-order valence-corrected chi connectivity index (χ3v) is 9.61. The maximum atomic E-state index is 13.7. The maximum absolute atomic E-state index is 13.7. The number of anilines is 1. The lowest BCUT2D eigenvalue weighted by Gasteiger charge is -2.37. The number of fused-ring (bicyclic) bond motifs is 1. The van der Waals surface area contributed by atoms with Gasteiger partial charge >= 0.3 is 0 Å². The van der Waals surface area contributed by atoms with Crippen LogP contribution in [0.4, 0.5) is 5.82 Å². The number of aliphatic hydroxyl groups excluding tert-OH is 1. The molecule has 0 aliphatic carbocycles. The molecule has 0 spiro atoms. The number of aryl methyl sites for hydroxylation is 1. The SMILES string of the molecule is Cc1cnc(N2CCN(C3=NS(=O)(=O)c4ccccc43)CC2)c(S(=O)(=O)N(CCO)CCC(C)C)c1. The summed E-state index contributed by atoms with van der Waals surface area (Å²) < 4.78 is 57.6. The Morgan fingerprint density at radius 3 is 2.42 bits per heavy atom. The van der Waals surface area contributed by atoms with E-state index in [1.54, 1.807) is 43.5 Å². The number of nitrogens with zero attached hydrogens (tertiary/aromatic N) is 5. The molecule has 0 radical (unpaired) electrons. The Bertz CT molecular complexity index is 1350. The van der Waals surface area contributed by atoms with Gasteiger partial charge in [0.05, 0.1) is 6.61 Å². The predicted molar refractivity (Wildman–Crippen MR) is 138 cm³/mol. The molecule has 4 rings (SSSR count). The summed E-state index contributed by atoms with van der Waals surface area (Å²) in [5.74, 6) is 1.11. The first-order valence-corrected chi connectivity index (χ1v) is 14.9. The van der Waals surface area contributed by atoms with Gasteiger partial charge in [0, 0.05) is 51.0 Å². The number of rotatable bonds is 8. The van der Waals surface area contributed by atoms with Crippen LogP contribution in [0.3, 0.4) is 0 Å². The summed E-state index contributed by atoms with van der Waals surface area (Å²) in [7, 11) is -7.61. The molecular formula is C24H33N5O5S2. The Morgan fingerprint density at radius 2 is 1.75 bits per heavy atom. The highest BCUT2D eigenvalue weighted by Gasteiger charge is 2.35. The molecule has 196 valence electrons. The summed E-state index contributed by atoms with van der Waals surface area (Å²) in [6.07, 6.45) is 2.33. The van der Waals surface area contributed by atoms with Crippen molar-refractivity contribution in [3.8, 4) is 0 Å². The fourth-order valence-electron chi connectivity index (χ4n) is 4.41. The Balaban J connectivity index is 1.58. The van der Waals surface area contributed by atoms with Crippen molar-refractivity contribution in [2.75, 3.05) is 50.8 Å². The molecule has 2 aliphatic heterocycles. The molecule has 10 nitrogen and oxygen atoms in total. The van der Waals surface area contributed by atoms with Crippen molar-refractivity contribution in [2.45, 2.75) is 37.0 Å². The predicted octanol–water partition coefficient (Wildman–Crippen LogP) is 1.69. The molecule has 2 aromatic rings. The summed E-state index contributed by atoms with van der Waals surface area (Å²) in [5, 5.41) is 9.53. The minimum absolute atomic E-state index is 0.0178. The summed E-state index contributed by atoms with van der Waals surface area (Å²) in [5.41, 5.74) is 1.32. The molecule has 2 aliphatic rings. The zero-order valence-corrected chi connectivity index (χ0v) is 22.5. The molecule has 1 aromatic heterocycles. The Morgan fingerprint density at radius 1 is 1.08 bits per heavy atom. The molecule has 1 fully saturated rings. The number of amidine groups is 1. The highest BCUT2D eigenvalue weighted by atomic mass is 32.2. The van der Waals surface area contributed by atoms with Crippen LogP contribution < -0.4 is 4.90 Å². The summed E-state index contributed by atoms with van der Waals surface area (Å²) in [6.45, 7) is 7.75. The first-order valence-electron chi connectivity index (χ1n) is 12.1. The van der Waals surface area contributed by atoms with E-state index in [9.17, 15) is 21.9 Å². The van der Waals surface area contributed by atoms with Gasteiger partial charge in [0.1, 0.15) is 15.6 Å². The van der Waals surface area contributed by atoms with E-state index >= 15 is 0 Å². The zero-order chi connectivity index (χ0) is 26.1. The van der Waals surface area contributed by atoms with E-state index in [-0.39, 0.29) is 22.9 Å². The van der Waals surface area contributed by atoms with E-state index in [4.69, 9.17) is 0 Å². The van der Waals surface area contributed by atoms with Gasteiger partial charge in [-0.1, -0.05) is 26.0 Å². The monoisotopic (exact) mass is 535 g/mol. The third-order valence-electron chi connectivity index (χ3n) is 6.38. The second kappa shape index (κ2) is 10.4. The maximum Gasteiger partial charge on any atom is 0.285 e. The van der Waals surface area contributed by atoms with Crippen molar-refractivity contribution in [2.24, 2.45) is 10.3 Å². The molecule has 12 heteroatoms. The highest BCUT2D eigenvalue weighted by Crippen LogP contribution is 2.31. The summed E-state index contributed by atoms with van der Waals surface area (Å²) in [6, 6.07) is 8.41. The van der Waals surface area contributed by atoms with Crippen LogP contribution in [-0.2, 0) is 20.0 Å². The topological polar surface area (TPSA) is 123 Å². The van der Waals surface area contributed by atoms with Gasteiger partial charge in [-0.15, -0.1) is 4.40 Å². The highest BCUT2D eigenvalue weighted by molar-refractivity contribution is 7.90. The molecule has 0 atom stereocenters. The smallest absolute Gasteiger partial charge is 0.285 e. The molecule has 3 heterocycles. The van der Waals surface area contributed by atoms with Crippen LogP contribution in [0.25, 0.3) is 0 Å². The number of hydrogen-bond donors (Lipinski definition) is 1. The van der Waals surface area contributed by atoms with E-state index in [0.29, 0.717) is 62.3 Å². The van der Waals surface area contributed by atoms with Crippen LogP contribution in [0, 0.1) is 12.8 Å². The molecule has 1 aromatic carbocycles. The van der Waals surface area contributed by atoms with Crippen molar-refractivity contribution in [1.29, 1.82) is 0 Å². The van der Waals surface area contributed by atoms with Gasteiger partial charge in [-0.2, -0.15) is 12.7 Å². The molecular weight excluding hydrogens is 502 g/mol. The molecule has 0 saturated carbocycles. The van der Waals surface area contributed by atoms with Gasteiger partial charge < -0.3 is 14.9 Å². The second-order valence-electron chi connectivity index (χ2n) is 9.50. The van der Waals surface area contributed by atoms with Crippen molar-refractivity contribution in [3.63, 3.8) is 0 Å². The van der Waals surface area contributed by atoms with Gasteiger partial charge in [0.2, 0.25) is 10.0 Å². The van der Waals surface area contributed by atoms with E-state index in [2.05, 4.69) is 9.38 Å². The normalized spacial score (nSPS) is 17.6. The van der Waals surface area contributed by atoms with Crippen LogP contribution in [-0.4, -0.2) is 87.8 Å². The van der Waals surface area contributed by atoms with Crippen LogP contribution >= 0.6 is 0 Å². The van der Waals surface area contributed by atoms with Crippen molar-refractivity contribution >= 4 is 31.7 Å². The summed E-state index contributed by atoms with van der Waals surface area (Å²) >= 11 is 0. The fourth-order valence-corrected chi connectivity index (χ4v) is 7.33. The van der Waals surface area contributed by atoms with Crippen LogP contribution in [0.15, 0.2) is 50.7 Å². The van der Waals surface area contributed by atoms with E-state index < -0.39 is 20.0 Å². The van der Waals surface area contributed by atoms with Gasteiger partial charge in [0.25, 0.3) is 10.0 Å². The number of benzene rings is 1. The molecule has 36 heavy (non-hydrogen) atoms. The number of piperazine rings is 1. The second-order valence-corrected chi connectivity index (χ2v) is 13.0. The number of sulfonamides is 2. The average molecular weight is 536 g/mol. The fraction of sp³-hybridized carbons (Fsp3) is 0.500. The standard InChI is InChI=1S/C24H33N5O5S2/c1-18(2)8-9-29(14-15-30)36(33,34)22-16-19(3)17-25-24(22)28-12-10-27(11-13-28)23-20-6-4-5-7-21(20)35(31,32)26-23/h4-7,16-18,30H,8-15H2,1-3H3. The Kier molecular flexibility index (Phi) is 7.69.